The van der Waals surface area contributed by atoms with Crippen molar-refractivity contribution in [2.45, 2.75) is 33.1 Å². The first-order valence-electron chi connectivity index (χ1n) is 7.22. The van der Waals surface area contributed by atoms with E-state index in [1.807, 2.05) is 12.1 Å². The zero-order chi connectivity index (χ0) is 15.3. The summed E-state index contributed by atoms with van der Waals surface area (Å²) in [6, 6.07) is 4.40. The highest BCUT2D eigenvalue weighted by Gasteiger charge is 1.98. The van der Waals surface area contributed by atoms with Gasteiger partial charge in [-0.3, -0.25) is 9.78 Å². The lowest BCUT2D eigenvalue weighted by atomic mass is 10.2. The molecular formula is C15H25N3O3. The van der Waals surface area contributed by atoms with E-state index in [1.54, 1.807) is 6.20 Å². The van der Waals surface area contributed by atoms with Crippen LogP contribution in [0, 0.1) is 0 Å². The first-order chi connectivity index (χ1) is 10.2. The molecular weight excluding hydrogens is 270 g/mol. The van der Waals surface area contributed by atoms with Crippen molar-refractivity contribution in [1.29, 1.82) is 0 Å². The summed E-state index contributed by atoms with van der Waals surface area (Å²) in [5.74, 6) is 0. The van der Waals surface area contributed by atoms with Crippen molar-refractivity contribution < 1.29 is 14.3 Å². The second-order valence-corrected chi connectivity index (χ2v) is 4.94. The molecule has 0 bridgehead atoms. The van der Waals surface area contributed by atoms with Gasteiger partial charge in [-0.15, -0.1) is 0 Å². The minimum Gasteiger partial charge on any atom is -0.375 e. The molecule has 0 spiro atoms. The fourth-order valence-electron chi connectivity index (χ4n) is 1.60. The van der Waals surface area contributed by atoms with E-state index in [9.17, 15) is 4.79 Å². The number of aromatic nitrogens is 1. The molecule has 0 atom stereocenters. The third-order valence-corrected chi connectivity index (χ3v) is 2.68. The summed E-state index contributed by atoms with van der Waals surface area (Å²) in [5, 5.41) is 5.83. The molecule has 118 valence electrons. The van der Waals surface area contributed by atoms with Crippen molar-refractivity contribution in [2.24, 2.45) is 0 Å². The molecule has 1 heterocycles. The highest BCUT2D eigenvalue weighted by atomic mass is 16.5. The van der Waals surface area contributed by atoms with E-state index in [0.717, 1.165) is 17.8 Å². The average Bonchev–Trinajstić information content (AvgIpc) is 2.48. The molecule has 0 saturated carbocycles. The van der Waals surface area contributed by atoms with Gasteiger partial charge in [-0.1, -0.05) is 19.9 Å². The quantitative estimate of drug-likeness (QED) is 0.442. The molecule has 0 saturated heterocycles. The number of rotatable bonds is 12. The van der Waals surface area contributed by atoms with Gasteiger partial charge in [-0.25, -0.2) is 0 Å². The second kappa shape index (κ2) is 11.2. The fourth-order valence-corrected chi connectivity index (χ4v) is 1.60. The third-order valence-electron chi connectivity index (χ3n) is 2.68. The number of amides is 1. The predicted octanol–water partition coefficient (Wildman–Crippen LogP) is 0.859. The molecule has 0 fully saturated rings. The van der Waals surface area contributed by atoms with Crippen molar-refractivity contribution in [1.82, 2.24) is 15.6 Å². The van der Waals surface area contributed by atoms with Crippen molar-refractivity contribution in [2.75, 3.05) is 26.3 Å². The highest BCUT2D eigenvalue weighted by molar-refractivity contribution is 5.45. The van der Waals surface area contributed by atoms with Crippen LogP contribution in [-0.4, -0.2) is 43.7 Å². The second-order valence-electron chi connectivity index (χ2n) is 4.94. The van der Waals surface area contributed by atoms with Crippen molar-refractivity contribution in [3.63, 3.8) is 0 Å². The van der Waals surface area contributed by atoms with E-state index in [1.165, 1.54) is 0 Å². The number of nitrogens with zero attached hydrogens (tertiary/aromatic N) is 1. The Morgan fingerprint density at radius 3 is 2.62 bits per heavy atom. The average molecular weight is 295 g/mol. The Balaban J connectivity index is 2.13. The van der Waals surface area contributed by atoms with Crippen LogP contribution in [0.1, 0.15) is 25.1 Å². The van der Waals surface area contributed by atoms with Crippen LogP contribution in [0.4, 0.5) is 0 Å². The molecule has 1 rings (SSSR count). The van der Waals surface area contributed by atoms with E-state index in [4.69, 9.17) is 9.47 Å². The summed E-state index contributed by atoms with van der Waals surface area (Å²) in [7, 11) is 0. The molecule has 6 nitrogen and oxygen atoms in total. The molecule has 2 N–H and O–H groups in total. The summed E-state index contributed by atoms with van der Waals surface area (Å²) >= 11 is 0. The maximum Gasteiger partial charge on any atom is 0.207 e. The van der Waals surface area contributed by atoms with Crippen LogP contribution < -0.4 is 10.6 Å². The van der Waals surface area contributed by atoms with E-state index in [-0.39, 0.29) is 0 Å². The van der Waals surface area contributed by atoms with Gasteiger partial charge in [0.2, 0.25) is 6.41 Å². The van der Waals surface area contributed by atoms with Crippen LogP contribution in [0.2, 0.25) is 0 Å². The highest BCUT2D eigenvalue weighted by Crippen LogP contribution is 2.03. The molecule has 21 heavy (non-hydrogen) atoms. The van der Waals surface area contributed by atoms with Gasteiger partial charge < -0.3 is 20.1 Å². The topological polar surface area (TPSA) is 72.5 Å². The Labute approximate surface area is 126 Å². The first-order valence-corrected chi connectivity index (χ1v) is 7.22. The number of ether oxygens (including phenoxy) is 2. The van der Waals surface area contributed by atoms with Gasteiger partial charge in [-0.2, -0.15) is 0 Å². The molecule has 0 aromatic carbocycles. The number of nitrogens with one attached hydrogen (secondary N) is 2. The molecule has 0 unspecified atom stereocenters. The standard InChI is InChI=1S/C15H25N3O3/c1-13(2)17-6-8-20-10-14-3-4-15(18-9-14)11-21-7-5-16-12-19/h3-4,9,12-13,17H,5-8,10-11H2,1-2H3,(H,16,19). The van der Waals surface area contributed by atoms with Gasteiger partial charge >= 0.3 is 0 Å². The summed E-state index contributed by atoms with van der Waals surface area (Å²) in [6.45, 7) is 7.77. The maximum atomic E-state index is 10.0. The summed E-state index contributed by atoms with van der Waals surface area (Å²) in [6.07, 6.45) is 2.46. The fraction of sp³-hybridized carbons (Fsp3) is 0.600. The lowest BCUT2D eigenvalue weighted by Crippen LogP contribution is -2.26. The summed E-state index contributed by atoms with van der Waals surface area (Å²) < 4.78 is 10.9. The first kappa shape index (κ1) is 17.6. The minimum atomic E-state index is 0.444. The van der Waals surface area contributed by atoms with Gasteiger partial charge in [0.25, 0.3) is 0 Å². The van der Waals surface area contributed by atoms with E-state index < -0.39 is 0 Å². The van der Waals surface area contributed by atoms with Crippen LogP contribution in [0.25, 0.3) is 0 Å². The van der Waals surface area contributed by atoms with Gasteiger partial charge in [0, 0.05) is 25.3 Å². The van der Waals surface area contributed by atoms with E-state index in [0.29, 0.717) is 45.4 Å². The SMILES string of the molecule is CC(C)NCCOCc1ccc(COCCNC=O)nc1. The molecule has 0 radical (unpaired) electrons. The zero-order valence-electron chi connectivity index (χ0n) is 12.8. The van der Waals surface area contributed by atoms with E-state index >= 15 is 0 Å². The Kier molecular flexibility index (Phi) is 9.35. The predicted molar refractivity (Wildman–Crippen MR) is 80.8 cm³/mol. The monoisotopic (exact) mass is 295 g/mol. The number of hydrogen-bond donors (Lipinski definition) is 2. The third kappa shape index (κ3) is 9.12. The van der Waals surface area contributed by atoms with Gasteiger partial charge in [-0.05, 0) is 11.6 Å². The van der Waals surface area contributed by atoms with Crippen molar-refractivity contribution >= 4 is 6.41 Å². The molecule has 1 aromatic rings. The Hall–Kier alpha value is -1.50. The number of carbonyl (C=O) groups is 1. The Morgan fingerprint density at radius 1 is 1.19 bits per heavy atom. The lowest BCUT2D eigenvalue weighted by molar-refractivity contribution is -0.109. The Bertz CT molecular complexity index is 382. The van der Waals surface area contributed by atoms with Crippen molar-refractivity contribution in [3.05, 3.63) is 29.6 Å². The maximum absolute atomic E-state index is 10.0. The van der Waals surface area contributed by atoms with E-state index in [2.05, 4.69) is 29.5 Å². The van der Waals surface area contributed by atoms with Crippen LogP contribution in [0.3, 0.4) is 0 Å². The van der Waals surface area contributed by atoms with Crippen molar-refractivity contribution in [3.8, 4) is 0 Å². The molecule has 1 aromatic heterocycles. The molecule has 0 aliphatic heterocycles. The van der Waals surface area contributed by atoms with Crippen LogP contribution >= 0.6 is 0 Å². The molecule has 0 aliphatic rings. The smallest absolute Gasteiger partial charge is 0.207 e. The van der Waals surface area contributed by atoms with Crippen LogP contribution in [-0.2, 0) is 27.5 Å². The summed E-state index contributed by atoms with van der Waals surface area (Å²) in [4.78, 5) is 14.4. The van der Waals surface area contributed by atoms with Crippen LogP contribution in [0.15, 0.2) is 18.3 Å². The minimum absolute atomic E-state index is 0.444. The van der Waals surface area contributed by atoms with Gasteiger partial charge in [0.15, 0.2) is 0 Å². The van der Waals surface area contributed by atoms with Gasteiger partial charge in [0.1, 0.15) is 0 Å². The molecule has 6 heteroatoms. The molecule has 1 amide bonds. The normalized spacial score (nSPS) is 10.8. The number of carbonyl (C=O) groups excluding carboxylic acids is 1. The largest absolute Gasteiger partial charge is 0.375 e. The molecule has 0 aliphatic carbocycles. The zero-order valence-corrected chi connectivity index (χ0v) is 12.8. The summed E-state index contributed by atoms with van der Waals surface area (Å²) in [5.41, 5.74) is 1.91. The van der Waals surface area contributed by atoms with Gasteiger partial charge in [0.05, 0.1) is 32.1 Å². The number of pyridine rings is 1. The lowest BCUT2D eigenvalue weighted by Gasteiger charge is -2.09. The number of hydrogen-bond acceptors (Lipinski definition) is 5. The Morgan fingerprint density at radius 2 is 1.95 bits per heavy atom. The van der Waals surface area contributed by atoms with Crippen LogP contribution in [0.5, 0.6) is 0 Å².